The van der Waals surface area contributed by atoms with E-state index in [9.17, 15) is 14.9 Å². The number of nitro benzene ring substituents is 1. The van der Waals surface area contributed by atoms with Crippen LogP contribution in [0.2, 0.25) is 0 Å². The Hall–Kier alpha value is -2.28. The maximum absolute atomic E-state index is 13.6. The molecular formula is C24H33N4O4P. The van der Waals surface area contributed by atoms with E-state index in [0.29, 0.717) is 5.56 Å². The molecule has 33 heavy (non-hydrogen) atoms. The number of carbonyl (C=O) groups excluding carboxylic acids is 1. The van der Waals surface area contributed by atoms with Crippen LogP contribution in [-0.2, 0) is 0 Å². The van der Waals surface area contributed by atoms with Gasteiger partial charge < -0.3 is 4.42 Å². The monoisotopic (exact) mass is 472 g/mol. The third-order valence-electron chi connectivity index (χ3n) is 6.53. The third kappa shape index (κ3) is 5.29. The summed E-state index contributed by atoms with van der Waals surface area (Å²) in [5.74, 6) is 0.484. The first-order chi connectivity index (χ1) is 16.0. The number of hydrogen-bond acceptors (Lipinski definition) is 4. The molecule has 0 unspecified atom stereocenters. The van der Waals surface area contributed by atoms with Crippen LogP contribution < -0.4 is 5.50 Å². The summed E-state index contributed by atoms with van der Waals surface area (Å²) in [7, 11) is -2.65. The first-order valence-corrected chi connectivity index (χ1v) is 13.6. The Morgan fingerprint density at radius 2 is 1.39 bits per heavy atom. The standard InChI is InChI=1S/C24H33N4O4P/c1-20-10-15-23(32-20)33(26-16-6-2-3-7-17-26,27-18-8-4-5-9-19-27)25-24(29)21-11-13-22(14-12-21)28(30)31/h10-15H,2-9,16-19H2,1H3. The average Bonchev–Trinajstić information content (AvgIpc) is 3.03. The Labute approximate surface area is 195 Å². The number of aryl methyl sites for hydroxylation is 1. The van der Waals surface area contributed by atoms with Gasteiger partial charge in [0.2, 0.25) is 0 Å². The Kier molecular flexibility index (Phi) is 7.78. The molecule has 2 aromatic rings. The lowest BCUT2D eigenvalue weighted by Gasteiger charge is -2.41. The minimum Gasteiger partial charge on any atom is -0.457 e. The quantitative estimate of drug-likeness (QED) is 0.313. The molecule has 9 heteroatoms. The van der Waals surface area contributed by atoms with Crippen molar-refractivity contribution in [2.24, 2.45) is 4.74 Å². The predicted octanol–water partition coefficient (Wildman–Crippen LogP) is 5.75. The van der Waals surface area contributed by atoms with Gasteiger partial charge in [-0.05, 0) is 56.9 Å². The molecule has 1 aromatic heterocycles. The van der Waals surface area contributed by atoms with Crippen molar-refractivity contribution in [1.29, 1.82) is 0 Å². The number of nitro groups is 1. The molecule has 8 nitrogen and oxygen atoms in total. The highest BCUT2D eigenvalue weighted by molar-refractivity contribution is 7.69. The van der Waals surface area contributed by atoms with Crippen LogP contribution in [0.1, 0.15) is 67.5 Å². The number of amides is 1. The molecular weight excluding hydrogens is 439 g/mol. The van der Waals surface area contributed by atoms with Gasteiger partial charge in [-0.2, -0.15) is 4.74 Å². The van der Waals surface area contributed by atoms with Crippen LogP contribution >= 0.6 is 7.36 Å². The van der Waals surface area contributed by atoms with Crippen LogP contribution in [0, 0.1) is 17.0 Å². The molecule has 178 valence electrons. The van der Waals surface area contributed by atoms with Gasteiger partial charge in [-0.15, -0.1) is 0 Å². The summed E-state index contributed by atoms with van der Waals surface area (Å²) in [6, 6.07) is 9.74. The van der Waals surface area contributed by atoms with Gasteiger partial charge in [-0.3, -0.25) is 24.2 Å². The van der Waals surface area contributed by atoms with Gasteiger partial charge in [-0.1, -0.05) is 25.7 Å². The van der Waals surface area contributed by atoms with Crippen molar-refractivity contribution in [1.82, 2.24) is 9.34 Å². The highest BCUT2D eigenvalue weighted by atomic mass is 31.2. The predicted molar refractivity (Wildman–Crippen MR) is 130 cm³/mol. The Morgan fingerprint density at radius 3 is 1.82 bits per heavy atom. The van der Waals surface area contributed by atoms with Gasteiger partial charge in [-0.25, -0.2) is 0 Å². The van der Waals surface area contributed by atoms with Crippen molar-refractivity contribution in [2.45, 2.75) is 58.3 Å². The normalized spacial score (nSPS) is 18.9. The number of nitrogens with zero attached hydrogens (tertiary/aromatic N) is 4. The fourth-order valence-corrected chi connectivity index (χ4v) is 8.65. The van der Waals surface area contributed by atoms with Crippen molar-refractivity contribution >= 4 is 24.5 Å². The van der Waals surface area contributed by atoms with Gasteiger partial charge in [0.1, 0.15) is 5.76 Å². The maximum atomic E-state index is 13.6. The first-order valence-electron chi connectivity index (χ1n) is 12.0. The molecule has 1 amide bonds. The second kappa shape index (κ2) is 10.8. The Balaban J connectivity index is 1.86. The smallest absolute Gasteiger partial charge is 0.278 e. The summed E-state index contributed by atoms with van der Waals surface area (Å²) in [6.07, 6.45) is 9.06. The van der Waals surface area contributed by atoms with Crippen molar-refractivity contribution in [3.8, 4) is 0 Å². The largest absolute Gasteiger partial charge is 0.457 e. The second-order valence-corrected chi connectivity index (χ2v) is 11.8. The van der Waals surface area contributed by atoms with Crippen molar-refractivity contribution in [2.75, 3.05) is 26.2 Å². The Morgan fingerprint density at radius 1 is 0.879 bits per heavy atom. The molecule has 2 aliphatic rings. The molecule has 0 radical (unpaired) electrons. The highest BCUT2D eigenvalue weighted by Crippen LogP contribution is 2.57. The lowest BCUT2D eigenvalue weighted by molar-refractivity contribution is -0.384. The number of rotatable bonds is 5. The molecule has 2 saturated heterocycles. The fourth-order valence-electron chi connectivity index (χ4n) is 4.79. The van der Waals surface area contributed by atoms with E-state index < -0.39 is 12.3 Å². The molecule has 0 N–H and O–H groups in total. The zero-order valence-electron chi connectivity index (χ0n) is 19.3. The first kappa shape index (κ1) is 23.9. The molecule has 1 aromatic carbocycles. The summed E-state index contributed by atoms with van der Waals surface area (Å²) in [4.78, 5) is 24.2. The molecule has 2 aliphatic heterocycles. The molecule has 0 bridgehead atoms. The maximum Gasteiger partial charge on any atom is 0.278 e. The molecule has 0 atom stereocenters. The van der Waals surface area contributed by atoms with Crippen LogP contribution in [-0.4, -0.2) is 46.4 Å². The summed E-state index contributed by atoms with van der Waals surface area (Å²) in [6.45, 7) is 5.49. The van der Waals surface area contributed by atoms with E-state index in [0.717, 1.165) is 63.1 Å². The third-order valence-corrected chi connectivity index (χ3v) is 10.2. The van der Waals surface area contributed by atoms with Crippen molar-refractivity contribution in [3.63, 3.8) is 0 Å². The number of non-ortho nitro benzene ring substituents is 1. The van der Waals surface area contributed by atoms with Gasteiger partial charge in [0.15, 0.2) is 12.9 Å². The zero-order chi connectivity index (χ0) is 23.3. The molecule has 0 saturated carbocycles. The zero-order valence-corrected chi connectivity index (χ0v) is 20.2. The van der Waals surface area contributed by atoms with Gasteiger partial charge >= 0.3 is 0 Å². The lowest BCUT2D eigenvalue weighted by atomic mass is 10.2. The van der Waals surface area contributed by atoms with Crippen molar-refractivity contribution in [3.05, 3.63) is 57.8 Å². The van der Waals surface area contributed by atoms with Crippen molar-refractivity contribution < 1.29 is 14.1 Å². The van der Waals surface area contributed by atoms with E-state index in [1.54, 1.807) is 0 Å². The summed E-state index contributed by atoms with van der Waals surface area (Å²) in [5.41, 5.74) is 1.13. The molecule has 0 spiro atoms. The minimum atomic E-state index is -2.65. The van der Waals surface area contributed by atoms with Crippen LogP contribution in [0.4, 0.5) is 5.69 Å². The van der Waals surface area contributed by atoms with Crippen LogP contribution in [0.3, 0.4) is 0 Å². The van der Waals surface area contributed by atoms with Gasteiger partial charge in [0, 0.05) is 43.9 Å². The molecule has 4 rings (SSSR count). The van der Waals surface area contributed by atoms with Crippen LogP contribution in [0.25, 0.3) is 0 Å². The highest BCUT2D eigenvalue weighted by Gasteiger charge is 2.40. The van der Waals surface area contributed by atoms with E-state index in [4.69, 9.17) is 9.16 Å². The number of furan rings is 1. The number of hydrogen-bond donors (Lipinski definition) is 0. The lowest BCUT2D eigenvalue weighted by Crippen LogP contribution is -2.38. The summed E-state index contributed by atoms with van der Waals surface area (Å²) < 4.78 is 16.2. The SMILES string of the molecule is Cc1ccc(P(=NC(=O)c2ccc([N+](=O)[O-])cc2)(N2CCCCCC2)N2CCCCCC2)o1. The number of carbonyl (C=O) groups is 1. The molecule has 0 aliphatic carbocycles. The average molecular weight is 473 g/mol. The minimum absolute atomic E-state index is 0.0331. The van der Waals surface area contributed by atoms with E-state index in [-0.39, 0.29) is 11.6 Å². The number of benzene rings is 1. The molecule has 3 heterocycles. The van der Waals surface area contributed by atoms with Crippen LogP contribution in [0.15, 0.2) is 45.6 Å². The van der Waals surface area contributed by atoms with E-state index in [1.165, 1.54) is 49.9 Å². The fraction of sp³-hybridized carbons (Fsp3) is 0.542. The van der Waals surface area contributed by atoms with E-state index in [1.807, 2.05) is 19.1 Å². The van der Waals surface area contributed by atoms with Gasteiger partial charge in [0.25, 0.3) is 11.6 Å². The summed E-state index contributed by atoms with van der Waals surface area (Å²) >= 11 is 0. The topological polar surface area (TPSA) is 92.2 Å². The second-order valence-electron chi connectivity index (χ2n) is 8.90. The Bertz CT molecular complexity index is 993. The van der Waals surface area contributed by atoms with E-state index >= 15 is 0 Å². The van der Waals surface area contributed by atoms with Crippen LogP contribution in [0.5, 0.6) is 0 Å². The van der Waals surface area contributed by atoms with E-state index in [2.05, 4.69) is 9.34 Å². The molecule has 2 fully saturated rings. The summed E-state index contributed by atoms with van der Waals surface area (Å²) in [5, 5.41) is 11.1. The van der Waals surface area contributed by atoms with Gasteiger partial charge in [0.05, 0.1) is 4.92 Å².